The largest absolute Gasteiger partial charge is 0.465 e. The zero-order chi connectivity index (χ0) is 12.1. The van der Waals surface area contributed by atoms with E-state index in [2.05, 4.69) is 0 Å². The molecule has 1 fully saturated rings. The van der Waals surface area contributed by atoms with E-state index < -0.39 is 12.1 Å². The van der Waals surface area contributed by atoms with Crippen LogP contribution in [0, 0.1) is 0 Å². The van der Waals surface area contributed by atoms with Crippen LogP contribution in [-0.4, -0.2) is 40.5 Å². The van der Waals surface area contributed by atoms with Gasteiger partial charge in [-0.25, -0.2) is 4.79 Å². The Hall–Kier alpha value is -1.10. The van der Waals surface area contributed by atoms with Gasteiger partial charge in [0.2, 0.25) is 0 Å². The Balaban J connectivity index is 0.000000336. The van der Waals surface area contributed by atoms with Crippen molar-refractivity contribution in [3.63, 3.8) is 0 Å². The van der Waals surface area contributed by atoms with E-state index in [0.29, 0.717) is 19.3 Å². The third-order valence-corrected chi connectivity index (χ3v) is 1.70. The fraction of sp³-hybridized carbons (Fsp3) is 0.800. The maximum atomic E-state index is 10.3. The summed E-state index contributed by atoms with van der Waals surface area (Å²) in [4.78, 5) is 21.7. The molecule has 1 amide bonds. The summed E-state index contributed by atoms with van der Waals surface area (Å²) in [7, 11) is 0. The Morgan fingerprint density at radius 3 is 2.27 bits per heavy atom. The monoisotopic (exact) mass is 216 g/mol. The Morgan fingerprint density at radius 1 is 1.53 bits per heavy atom. The molecule has 15 heavy (non-hydrogen) atoms. The number of hydrogen-bond donors (Lipinski definition) is 2. The molecule has 0 saturated carbocycles. The zero-order valence-corrected chi connectivity index (χ0v) is 9.56. The third-order valence-electron chi connectivity index (χ3n) is 1.70. The molecule has 0 aromatic heterocycles. The SMILES string of the molecule is CC(C)(C)N.O=CC1CCCN1C(=O)O. The molecule has 1 rings (SSSR count). The molecule has 1 heterocycles. The van der Waals surface area contributed by atoms with Crippen molar-refractivity contribution in [1.29, 1.82) is 0 Å². The molecule has 0 aromatic carbocycles. The van der Waals surface area contributed by atoms with Crippen LogP contribution in [0.15, 0.2) is 0 Å². The quantitative estimate of drug-likeness (QED) is 0.642. The highest BCUT2D eigenvalue weighted by molar-refractivity contribution is 5.72. The maximum absolute atomic E-state index is 10.3. The molecule has 1 unspecified atom stereocenters. The normalized spacial score (nSPS) is 20.5. The second-order valence-electron chi connectivity index (χ2n) is 4.69. The summed E-state index contributed by atoms with van der Waals surface area (Å²) in [6.07, 6.45) is 1.18. The summed E-state index contributed by atoms with van der Waals surface area (Å²) in [5.41, 5.74) is 5.35. The van der Waals surface area contributed by atoms with Gasteiger partial charge in [-0.3, -0.25) is 4.90 Å². The van der Waals surface area contributed by atoms with E-state index in [1.54, 1.807) is 0 Å². The van der Waals surface area contributed by atoms with Crippen molar-refractivity contribution in [3.05, 3.63) is 0 Å². The fourth-order valence-corrected chi connectivity index (χ4v) is 1.17. The lowest BCUT2D eigenvalue weighted by atomic mass is 10.1. The van der Waals surface area contributed by atoms with Gasteiger partial charge in [-0.2, -0.15) is 0 Å². The number of nitrogens with zero attached hydrogens (tertiary/aromatic N) is 1. The van der Waals surface area contributed by atoms with Gasteiger partial charge in [-0.1, -0.05) is 0 Å². The van der Waals surface area contributed by atoms with E-state index in [1.807, 2.05) is 20.8 Å². The molecular weight excluding hydrogens is 196 g/mol. The lowest BCUT2D eigenvalue weighted by Gasteiger charge is -2.14. The second-order valence-corrected chi connectivity index (χ2v) is 4.69. The minimum atomic E-state index is -0.991. The summed E-state index contributed by atoms with van der Waals surface area (Å²) in [5, 5.41) is 8.48. The number of amides is 1. The van der Waals surface area contributed by atoms with Crippen LogP contribution in [0.1, 0.15) is 33.6 Å². The molecule has 3 N–H and O–H groups in total. The number of likely N-dealkylation sites (tertiary alicyclic amines) is 1. The van der Waals surface area contributed by atoms with E-state index in [9.17, 15) is 9.59 Å². The average molecular weight is 216 g/mol. The molecule has 1 aliphatic heterocycles. The van der Waals surface area contributed by atoms with Crippen LogP contribution in [-0.2, 0) is 4.79 Å². The van der Waals surface area contributed by atoms with Crippen LogP contribution in [0.5, 0.6) is 0 Å². The van der Waals surface area contributed by atoms with E-state index in [1.165, 1.54) is 4.90 Å². The highest BCUT2D eigenvalue weighted by Crippen LogP contribution is 2.14. The maximum Gasteiger partial charge on any atom is 0.407 e. The van der Waals surface area contributed by atoms with Crippen molar-refractivity contribution in [1.82, 2.24) is 4.90 Å². The lowest BCUT2D eigenvalue weighted by Crippen LogP contribution is -2.34. The van der Waals surface area contributed by atoms with Crippen molar-refractivity contribution < 1.29 is 14.7 Å². The summed E-state index contributed by atoms with van der Waals surface area (Å²) in [6.45, 7) is 6.39. The van der Waals surface area contributed by atoms with E-state index >= 15 is 0 Å². The van der Waals surface area contributed by atoms with Crippen LogP contribution in [0.25, 0.3) is 0 Å². The molecule has 0 radical (unpaired) electrons. The van der Waals surface area contributed by atoms with Gasteiger partial charge in [-0.05, 0) is 33.6 Å². The second kappa shape index (κ2) is 5.70. The number of carbonyl (C=O) groups excluding carboxylic acids is 1. The summed E-state index contributed by atoms with van der Waals surface area (Å²) < 4.78 is 0. The number of hydrogen-bond acceptors (Lipinski definition) is 3. The van der Waals surface area contributed by atoms with Gasteiger partial charge >= 0.3 is 6.09 Å². The molecule has 5 nitrogen and oxygen atoms in total. The van der Waals surface area contributed by atoms with Crippen LogP contribution in [0.3, 0.4) is 0 Å². The van der Waals surface area contributed by atoms with Gasteiger partial charge in [0.15, 0.2) is 0 Å². The van der Waals surface area contributed by atoms with Gasteiger partial charge in [0.25, 0.3) is 0 Å². The molecule has 1 saturated heterocycles. The minimum Gasteiger partial charge on any atom is -0.465 e. The Bertz CT molecular complexity index is 217. The van der Waals surface area contributed by atoms with Crippen LogP contribution in [0.2, 0.25) is 0 Å². The van der Waals surface area contributed by atoms with Gasteiger partial charge in [-0.15, -0.1) is 0 Å². The van der Waals surface area contributed by atoms with E-state index in [0.717, 1.165) is 6.42 Å². The van der Waals surface area contributed by atoms with Crippen molar-refractivity contribution >= 4 is 12.4 Å². The van der Waals surface area contributed by atoms with Crippen LogP contribution in [0.4, 0.5) is 4.79 Å². The minimum absolute atomic E-state index is 0. The average Bonchev–Trinajstić information content (AvgIpc) is 2.47. The zero-order valence-electron chi connectivity index (χ0n) is 9.56. The number of nitrogens with two attached hydrogens (primary N) is 1. The number of carboxylic acid groups (broad SMARTS) is 1. The van der Waals surface area contributed by atoms with Gasteiger partial charge in [0.1, 0.15) is 6.29 Å². The number of rotatable bonds is 1. The third kappa shape index (κ3) is 6.90. The molecule has 0 aliphatic carbocycles. The number of aldehydes is 1. The molecule has 1 atom stereocenters. The number of carbonyl (C=O) groups is 2. The fourth-order valence-electron chi connectivity index (χ4n) is 1.17. The molecule has 1 aliphatic rings. The predicted octanol–water partition coefficient (Wildman–Crippen LogP) is 1.07. The lowest BCUT2D eigenvalue weighted by molar-refractivity contribution is -0.111. The van der Waals surface area contributed by atoms with Crippen molar-refractivity contribution in [2.75, 3.05) is 6.54 Å². The summed E-state index contributed by atoms with van der Waals surface area (Å²) in [5.74, 6) is 0. The first kappa shape index (κ1) is 13.9. The summed E-state index contributed by atoms with van der Waals surface area (Å²) >= 11 is 0. The highest BCUT2D eigenvalue weighted by Gasteiger charge is 2.27. The first-order valence-electron chi connectivity index (χ1n) is 4.99. The standard InChI is InChI=1S/C6H9NO3.C4H11N/c8-4-5-2-1-3-7(5)6(9)10;1-4(2,3)5/h4-5H,1-3H2,(H,9,10);5H2,1-3H3. The van der Waals surface area contributed by atoms with Crippen molar-refractivity contribution in [2.45, 2.75) is 45.2 Å². The Labute approximate surface area is 90.2 Å². The molecule has 88 valence electrons. The van der Waals surface area contributed by atoms with E-state index in [4.69, 9.17) is 10.8 Å². The smallest absolute Gasteiger partial charge is 0.407 e. The van der Waals surface area contributed by atoms with Crippen molar-refractivity contribution in [2.24, 2.45) is 5.73 Å². The molecule has 0 bridgehead atoms. The van der Waals surface area contributed by atoms with Gasteiger partial charge in [0, 0.05) is 12.1 Å². The van der Waals surface area contributed by atoms with Gasteiger partial charge in [0.05, 0.1) is 6.04 Å². The topological polar surface area (TPSA) is 83.6 Å². The molecular formula is C10H20N2O3. The molecule has 0 aromatic rings. The summed E-state index contributed by atoms with van der Waals surface area (Å²) in [6, 6.07) is -0.391. The van der Waals surface area contributed by atoms with Crippen molar-refractivity contribution in [3.8, 4) is 0 Å². The predicted molar refractivity (Wildman–Crippen MR) is 57.8 cm³/mol. The first-order valence-corrected chi connectivity index (χ1v) is 4.99. The highest BCUT2D eigenvalue weighted by atomic mass is 16.4. The Morgan fingerprint density at radius 2 is 2.00 bits per heavy atom. The van der Waals surface area contributed by atoms with Gasteiger partial charge < -0.3 is 15.6 Å². The first-order chi connectivity index (χ1) is 6.75. The van der Waals surface area contributed by atoms with Crippen LogP contribution < -0.4 is 5.73 Å². The molecule has 0 spiro atoms. The molecule has 5 heteroatoms. The Kier molecular flexibility index (Phi) is 5.28. The van der Waals surface area contributed by atoms with E-state index in [-0.39, 0.29) is 5.54 Å². The van der Waals surface area contributed by atoms with Crippen LogP contribution >= 0.6 is 0 Å².